The first-order valence-corrected chi connectivity index (χ1v) is 7.27. The van der Waals surface area contributed by atoms with Gasteiger partial charge in [-0.05, 0) is 35.0 Å². The minimum absolute atomic E-state index is 0.0306. The number of rotatable bonds is 4. The van der Waals surface area contributed by atoms with E-state index in [4.69, 9.17) is 0 Å². The number of halogens is 1. The zero-order chi connectivity index (χ0) is 14.7. The van der Waals surface area contributed by atoms with Crippen LogP contribution in [0, 0.1) is 5.92 Å². The van der Waals surface area contributed by atoms with Gasteiger partial charge in [-0.1, -0.05) is 41.9 Å². The highest BCUT2D eigenvalue weighted by Gasteiger charge is 2.11. The smallest absolute Gasteiger partial charge is 0.251 e. The highest BCUT2D eigenvalue weighted by molar-refractivity contribution is 9.10. The third-order valence-electron chi connectivity index (χ3n) is 3.13. The number of amides is 1. The van der Waals surface area contributed by atoms with E-state index in [9.17, 15) is 9.59 Å². The summed E-state index contributed by atoms with van der Waals surface area (Å²) in [6.45, 7) is 3.72. The molecule has 2 rings (SSSR count). The van der Waals surface area contributed by atoms with Crippen molar-refractivity contribution < 1.29 is 9.59 Å². The predicted octanol–water partition coefficient (Wildman–Crippen LogP) is 3.56. The number of fused-ring (bicyclic) bond motifs is 1. The highest BCUT2D eigenvalue weighted by atomic mass is 79.9. The molecule has 1 amide bonds. The average molecular weight is 334 g/mol. The van der Waals surface area contributed by atoms with Crippen molar-refractivity contribution in [1.29, 1.82) is 0 Å². The van der Waals surface area contributed by atoms with Crippen molar-refractivity contribution in [1.82, 2.24) is 5.32 Å². The quantitative estimate of drug-likeness (QED) is 0.929. The van der Waals surface area contributed by atoms with E-state index in [2.05, 4.69) is 21.2 Å². The fraction of sp³-hybridized carbons (Fsp3) is 0.250. The Bertz CT molecular complexity index is 665. The third kappa shape index (κ3) is 3.45. The molecule has 0 radical (unpaired) electrons. The Morgan fingerprint density at radius 1 is 1.10 bits per heavy atom. The summed E-state index contributed by atoms with van der Waals surface area (Å²) in [6.07, 6.45) is 0. The van der Waals surface area contributed by atoms with E-state index in [0.717, 1.165) is 15.2 Å². The molecule has 0 aliphatic rings. The number of hydrogen-bond acceptors (Lipinski definition) is 2. The SMILES string of the molecule is CC(C)C(=O)CNC(=O)c1ccc2cc(Br)ccc2c1. The van der Waals surface area contributed by atoms with Crippen LogP contribution in [0.1, 0.15) is 24.2 Å². The molecule has 0 atom stereocenters. The molecule has 3 nitrogen and oxygen atoms in total. The minimum atomic E-state index is -0.219. The topological polar surface area (TPSA) is 46.2 Å². The maximum Gasteiger partial charge on any atom is 0.251 e. The van der Waals surface area contributed by atoms with Crippen LogP contribution >= 0.6 is 15.9 Å². The van der Waals surface area contributed by atoms with Crippen molar-refractivity contribution in [2.75, 3.05) is 6.54 Å². The van der Waals surface area contributed by atoms with Crippen LogP contribution in [-0.2, 0) is 4.79 Å². The fourth-order valence-corrected chi connectivity index (χ4v) is 2.21. The number of hydrogen-bond donors (Lipinski definition) is 1. The predicted molar refractivity (Wildman–Crippen MR) is 83.8 cm³/mol. The Hall–Kier alpha value is -1.68. The van der Waals surface area contributed by atoms with Crippen LogP contribution in [0.4, 0.5) is 0 Å². The molecule has 20 heavy (non-hydrogen) atoms. The van der Waals surface area contributed by atoms with Crippen LogP contribution in [0.15, 0.2) is 40.9 Å². The zero-order valence-electron chi connectivity index (χ0n) is 11.4. The van der Waals surface area contributed by atoms with Gasteiger partial charge < -0.3 is 5.32 Å². The van der Waals surface area contributed by atoms with Gasteiger partial charge in [-0.25, -0.2) is 0 Å². The van der Waals surface area contributed by atoms with Gasteiger partial charge in [0.1, 0.15) is 0 Å². The van der Waals surface area contributed by atoms with Crippen molar-refractivity contribution in [2.45, 2.75) is 13.8 Å². The van der Waals surface area contributed by atoms with Gasteiger partial charge in [0, 0.05) is 16.0 Å². The first-order valence-electron chi connectivity index (χ1n) is 6.47. The van der Waals surface area contributed by atoms with E-state index >= 15 is 0 Å². The van der Waals surface area contributed by atoms with Gasteiger partial charge in [-0.2, -0.15) is 0 Å². The van der Waals surface area contributed by atoms with Crippen molar-refractivity contribution in [2.24, 2.45) is 5.92 Å². The Kier molecular flexibility index (Phi) is 4.55. The van der Waals surface area contributed by atoms with Crippen LogP contribution in [0.3, 0.4) is 0 Å². The molecule has 0 aliphatic carbocycles. The molecule has 0 fully saturated rings. The molecule has 0 aromatic heterocycles. The highest BCUT2D eigenvalue weighted by Crippen LogP contribution is 2.20. The Morgan fingerprint density at radius 2 is 1.75 bits per heavy atom. The maximum absolute atomic E-state index is 12.0. The largest absolute Gasteiger partial charge is 0.345 e. The molecular formula is C16H16BrNO2. The van der Waals surface area contributed by atoms with Crippen molar-refractivity contribution in [3.8, 4) is 0 Å². The van der Waals surface area contributed by atoms with Crippen molar-refractivity contribution >= 4 is 38.4 Å². The van der Waals surface area contributed by atoms with Gasteiger partial charge in [0.2, 0.25) is 0 Å². The first kappa shape index (κ1) is 14.7. The average Bonchev–Trinajstić information content (AvgIpc) is 2.43. The lowest BCUT2D eigenvalue weighted by atomic mass is 10.1. The van der Waals surface area contributed by atoms with Crippen molar-refractivity contribution in [3.63, 3.8) is 0 Å². The summed E-state index contributed by atoms with van der Waals surface area (Å²) in [5.74, 6) is -0.254. The van der Waals surface area contributed by atoms with E-state index in [0.29, 0.717) is 5.56 Å². The molecule has 2 aromatic rings. The van der Waals surface area contributed by atoms with Crippen LogP contribution < -0.4 is 5.32 Å². The van der Waals surface area contributed by atoms with E-state index in [1.807, 2.05) is 44.2 Å². The number of nitrogens with one attached hydrogen (secondary N) is 1. The first-order chi connectivity index (χ1) is 9.47. The molecule has 104 valence electrons. The molecular weight excluding hydrogens is 318 g/mol. The fourth-order valence-electron chi connectivity index (χ4n) is 1.83. The lowest BCUT2D eigenvalue weighted by Crippen LogP contribution is -2.31. The van der Waals surface area contributed by atoms with Gasteiger partial charge in [0.05, 0.1) is 6.54 Å². The lowest BCUT2D eigenvalue weighted by Gasteiger charge is -2.07. The molecule has 0 aliphatic heterocycles. The Morgan fingerprint density at radius 3 is 2.45 bits per heavy atom. The molecule has 0 spiro atoms. The number of benzene rings is 2. The molecule has 0 unspecified atom stereocenters. The lowest BCUT2D eigenvalue weighted by molar-refractivity contribution is -0.120. The van der Waals surface area contributed by atoms with Crippen LogP contribution in [-0.4, -0.2) is 18.2 Å². The molecule has 4 heteroatoms. The monoisotopic (exact) mass is 333 g/mol. The second kappa shape index (κ2) is 6.18. The van der Waals surface area contributed by atoms with Gasteiger partial charge in [0.15, 0.2) is 5.78 Å². The maximum atomic E-state index is 12.0. The minimum Gasteiger partial charge on any atom is -0.345 e. The van der Waals surface area contributed by atoms with Crippen LogP contribution in [0.2, 0.25) is 0 Å². The van der Waals surface area contributed by atoms with E-state index < -0.39 is 0 Å². The third-order valence-corrected chi connectivity index (χ3v) is 3.62. The zero-order valence-corrected chi connectivity index (χ0v) is 13.0. The number of Topliss-reactive ketones (excluding diaryl/α,β-unsaturated/α-hetero) is 1. The van der Waals surface area contributed by atoms with E-state index in [-0.39, 0.29) is 24.2 Å². The summed E-state index contributed by atoms with van der Waals surface area (Å²) < 4.78 is 1.00. The second-order valence-electron chi connectivity index (χ2n) is 5.01. The van der Waals surface area contributed by atoms with Crippen molar-refractivity contribution in [3.05, 3.63) is 46.4 Å². The number of carbonyl (C=O) groups is 2. The number of ketones is 1. The molecule has 0 saturated carbocycles. The molecule has 0 bridgehead atoms. The molecule has 2 aromatic carbocycles. The second-order valence-corrected chi connectivity index (χ2v) is 5.93. The standard InChI is InChI=1S/C16H16BrNO2/c1-10(2)15(19)9-18-16(20)13-4-3-12-8-14(17)6-5-11(12)7-13/h3-8,10H,9H2,1-2H3,(H,18,20). The van der Waals surface area contributed by atoms with Gasteiger partial charge in [-0.3, -0.25) is 9.59 Å². The van der Waals surface area contributed by atoms with E-state index in [1.165, 1.54) is 0 Å². The van der Waals surface area contributed by atoms with Gasteiger partial charge in [-0.15, -0.1) is 0 Å². The Balaban J connectivity index is 2.14. The van der Waals surface area contributed by atoms with Crippen LogP contribution in [0.5, 0.6) is 0 Å². The van der Waals surface area contributed by atoms with Gasteiger partial charge in [0.25, 0.3) is 5.91 Å². The summed E-state index contributed by atoms with van der Waals surface area (Å²) in [4.78, 5) is 23.5. The normalized spacial score (nSPS) is 10.8. The molecule has 0 saturated heterocycles. The molecule has 0 heterocycles. The summed E-state index contributed by atoms with van der Waals surface area (Å²) >= 11 is 3.42. The molecule has 1 N–H and O–H groups in total. The van der Waals surface area contributed by atoms with E-state index in [1.54, 1.807) is 6.07 Å². The number of carbonyl (C=O) groups excluding carboxylic acids is 2. The Labute approximate surface area is 126 Å². The summed E-state index contributed by atoms with van der Waals surface area (Å²) in [6, 6.07) is 11.4. The summed E-state index contributed by atoms with van der Waals surface area (Å²) in [5, 5.41) is 4.72. The summed E-state index contributed by atoms with van der Waals surface area (Å²) in [5.41, 5.74) is 0.566. The van der Waals surface area contributed by atoms with Gasteiger partial charge >= 0.3 is 0 Å². The summed E-state index contributed by atoms with van der Waals surface area (Å²) in [7, 11) is 0. The van der Waals surface area contributed by atoms with Crippen LogP contribution in [0.25, 0.3) is 10.8 Å².